The smallest absolute Gasteiger partial charge is 0.379 e. The van der Waals surface area contributed by atoms with Crippen LogP contribution in [0.25, 0.3) is 5.70 Å². The van der Waals surface area contributed by atoms with Gasteiger partial charge in [-0.25, -0.2) is 13.6 Å². The van der Waals surface area contributed by atoms with Gasteiger partial charge in [0, 0.05) is 0 Å². The van der Waals surface area contributed by atoms with Gasteiger partial charge in [0.15, 0.2) is 5.11 Å². The monoisotopic (exact) mass is 388 g/mol. The van der Waals surface area contributed by atoms with Gasteiger partial charge in [-0.05, 0) is 59.7 Å². The van der Waals surface area contributed by atoms with Crippen LogP contribution in [0, 0.1) is 11.6 Å². The Kier molecular flexibility index (Phi) is 5.27. The molecule has 27 heavy (non-hydrogen) atoms. The number of nitrogens with one attached hydrogen (secondary N) is 2. The topological polar surface area (TPSA) is 67.4 Å². The molecule has 2 aromatic carbocycles. The molecule has 8 heteroatoms. The van der Waals surface area contributed by atoms with E-state index >= 15 is 0 Å². The number of Topliss-reactive ketones (excluding diaryl/α,β-unsaturated/α-hetero) is 1. The van der Waals surface area contributed by atoms with Crippen molar-refractivity contribution < 1.29 is 23.1 Å². The van der Waals surface area contributed by atoms with Gasteiger partial charge in [0.25, 0.3) is 5.78 Å². The molecule has 1 aliphatic rings. The number of ether oxygens (including phenoxy) is 1. The summed E-state index contributed by atoms with van der Waals surface area (Å²) in [7, 11) is 1.09. The molecule has 0 fully saturated rings. The van der Waals surface area contributed by atoms with E-state index in [0.717, 1.165) is 7.11 Å². The maximum absolute atomic E-state index is 13.7. The fraction of sp³-hybridized carbons (Fsp3) is 0.105. The molecule has 0 aliphatic carbocycles. The van der Waals surface area contributed by atoms with Gasteiger partial charge in [-0.15, -0.1) is 0 Å². The standard InChI is InChI=1S/C19H14F2N2O3S/c1-26-18(25)17(24)14-15(10-5-7-12(20)8-6-10)22-19(27)23-16(14)11-3-2-4-13(21)9-11/h2-9,16H,1H3,(H2,22,23,27)/t16-/m0/s1. The number of benzene rings is 2. The zero-order valence-electron chi connectivity index (χ0n) is 14.1. The summed E-state index contributed by atoms with van der Waals surface area (Å²) in [6, 6.07) is 10.0. The van der Waals surface area contributed by atoms with E-state index < -0.39 is 29.4 Å². The molecule has 0 bridgehead atoms. The van der Waals surface area contributed by atoms with Crippen molar-refractivity contribution in [2.45, 2.75) is 6.04 Å². The molecule has 0 spiro atoms. The fourth-order valence-corrected chi connectivity index (χ4v) is 3.01. The van der Waals surface area contributed by atoms with Gasteiger partial charge in [0.05, 0.1) is 24.4 Å². The van der Waals surface area contributed by atoms with Crippen molar-refractivity contribution >= 4 is 34.8 Å². The molecule has 2 N–H and O–H groups in total. The zero-order valence-corrected chi connectivity index (χ0v) is 14.9. The van der Waals surface area contributed by atoms with Gasteiger partial charge in [-0.2, -0.15) is 0 Å². The number of rotatable bonds is 4. The van der Waals surface area contributed by atoms with Crippen molar-refractivity contribution in [1.29, 1.82) is 0 Å². The summed E-state index contributed by atoms with van der Waals surface area (Å²) in [5.41, 5.74) is 1.05. The predicted molar refractivity (Wildman–Crippen MR) is 98.4 cm³/mol. The summed E-state index contributed by atoms with van der Waals surface area (Å²) >= 11 is 5.20. The number of ketones is 1. The minimum absolute atomic E-state index is 0.00680. The van der Waals surface area contributed by atoms with E-state index in [1.54, 1.807) is 6.07 Å². The van der Waals surface area contributed by atoms with Crippen molar-refractivity contribution in [3.05, 3.63) is 76.9 Å². The predicted octanol–water partition coefficient (Wildman–Crippen LogP) is 2.64. The Balaban J connectivity index is 2.23. The van der Waals surface area contributed by atoms with E-state index in [9.17, 15) is 18.4 Å². The van der Waals surface area contributed by atoms with E-state index in [-0.39, 0.29) is 16.4 Å². The van der Waals surface area contributed by atoms with Crippen molar-refractivity contribution in [2.24, 2.45) is 0 Å². The number of carbonyl (C=O) groups is 2. The van der Waals surface area contributed by atoms with Crippen LogP contribution in [0.1, 0.15) is 17.2 Å². The van der Waals surface area contributed by atoms with Gasteiger partial charge in [-0.3, -0.25) is 4.79 Å². The SMILES string of the molecule is COC(=O)C(=O)C1=C(c2ccc(F)cc2)NC(=S)N[C@H]1c1cccc(F)c1. The van der Waals surface area contributed by atoms with Gasteiger partial charge in [0.2, 0.25) is 0 Å². The van der Waals surface area contributed by atoms with Crippen LogP contribution in [0.4, 0.5) is 8.78 Å². The number of hydrogen-bond donors (Lipinski definition) is 2. The number of carbonyl (C=O) groups excluding carboxylic acids is 2. The largest absolute Gasteiger partial charge is 0.463 e. The minimum Gasteiger partial charge on any atom is -0.463 e. The summed E-state index contributed by atoms with van der Waals surface area (Å²) in [5, 5.41) is 5.88. The Morgan fingerprint density at radius 1 is 1.07 bits per heavy atom. The average molecular weight is 388 g/mol. The van der Waals surface area contributed by atoms with Crippen LogP contribution in [0.3, 0.4) is 0 Å². The number of thiocarbonyl (C=S) groups is 1. The van der Waals surface area contributed by atoms with Gasteiger partial charge in [-0.1, -0.05) is 12.1 Å². The Morgan fingerprint density at radius 2 is 1.78 bits per heavy atom. The lowest BCUT2D eigenvalue weighted by Gasteiger charge is -2.31. The molecule has 1 heterocycles. The average Bonchev–Trinajstić information content (AvgIpc) is 2.66. The van der Waals surface area contributed by atoms with E-state index in [1.807, 2.05) is 0 Å². The summed E-state index contributed by atoms with van der Waals surface area (Å²) in [6.07, 6.45) is 0. The van der Waals surface area contributed by atoms with Crippen molar-refractivity contribution in [3.63, 3.8) is 0 Å². The molecular formula is C19H14F2N2O3S. The number of halogens is 2. The van der Waals surface area contributed by atoms with Crippen LogP contribution in [-0.2, 0) is 14.3 Å². The first kappa shape index (κ1) is 18.7. The van der Waals surface area contributed by atoms with Crippen molar-refractivity contribution in [3.8, 4) is 0 Å². The van der Waals surface area contributed by atoms with Crippen LogP contribution >= 0.6 is 12.2 Å². The second kappa shape index (κ2) is 7.63. The molecule has 0 unspecified atom stereocenters. The third-order valence-corrected chi connectivity index (χ3v) is 4.22. The zero-order chi connectivity index (χ0) is 19.6. The Hall–Kier alpha value is -3.13. The van der Waals surface area contributed by atoms with E-state index in [1.165, 1.54) is 42.5 Å². The fourth-order valence-electron chi connectivity index (χ4n) is 2.79. The second-order valence-corrected chi connectivity index (χ2v) is 6.11. The molecule has 1 atom stereocenters. The van der Waals surface area contributed by atoms with Gasteiger partial charge >= 0.3 is 5.97 Å². The van der Waals surface area contributed by atoms with Gasteiger partial charge < -0.3 is 15.4 Å². The number of hydrogen-bond acceptors (Lipinski definition) is 4. The van der Waals surface area contributed by atoms with Crippen LogP contribution in [0.5, 0.6) is 0 Å². The lowest BCUT2D eigenvalue weighted by Crippen LogP contribution is -2.46. The third kappa shape index (κ3) is 3.85. The molecule has 0 saturated carbocycles. The summed E-state index contributed by atoms with van der Waals surface area (Å²) < 4.78 is 31.6. The highest BCUT2D eigenvalue weighted by Gasteiger charge is 2.35. The minimum atomic E-state index is -1.08. The van der Waals surface area contributed by atoms with Crippen LogP contribution in [-0.4, -0.2) is 24.0 Å². The molecule has 0 radical (unpaired) electrons. The first-order chi connectivity index (χ1) is 12.9. The molecule has 0 saturated heterocycles. The van der Waals surface area contributed by atoms with Gasteiger partial charge in [0.1, 0.15) is 11.6 Å². The molecule has 138 valence electrons. The van der Waals surface area contributed by atoms with Crippen LogP contribution < -0.4 is 10.6 Å². The third-order valence-electron chi connectivity index (χ3n) is 4.00. The van der Waals surface area contributed by atoms with E-state index in [4.69, 9.17) is 12.2 Å². The molecule has 5 nitrogen and oxygen atoms in total. The van der Waals surface area contributed by atoms with E-state index in [2.05, 4.69) is 15.4 Å². The lowest BCUT2D eigenvalue weighted by atomic mass is 9.90. The molecule has 0 aromatic heterocycles. The maximum atomic E-state index is 13.7. The second-order valence-electron chi connectivity index (χ2n) is 5.70. The summed E-state index contributed by atoms with van der Waals surface area (Å²) in [4.78, 5) is 24.7. The lowest BCUT2D eigenvalue weighted by molar-refractivity contribution is -0.150. The quantitative estimate of drug-likeness (QED) is 0.477. The molecule has 1 aliphatic heterocycles. The van der Waals surface area contributed by atoms with Crippen LogP contribution in [0.15, 0.2) is 54.1 Å². The molecular weight excluding hydrogens is 374 g/mol. The van der Waals surface area contributed by atoms with Crippen molar-refractivity contribution in [1.82, 2.24) is 10.6 Å². The normalized spacial score (nSPS) is 16.4. The van der Waals surface area contributed by atoms with Crippen molar-refractivity contribution in [2.75, 3.05) is 7.11 Å². The summed E-state index contributed by atoms with van der Waals surface area (Å²) in [6.45, 7) is 0. The maximum Gasteiger partial charge on any atom is 0.379 e. The highest BCUT2D eigenvalue weighted by molar-refractivity contribution is 7.80. The Morgan fingerprint density at radius 3 is 2.41 bits per heavy atom. The highest BCUT2D eigenvalue weighted by atomic mass is 32.1. The first-order valence-electron chi connectivity index (χ1n) is 7.86. The molecule has 0 amide bonds. The summed E-state index contributed by atoms with van der Waals surface area (Å²) in [5.74, 6) is -2.97. The Labute approximate surface area is 159 Å². The van der Waals surface area contributed by atoms with Crippen LogP contribution in [0.2, 0.25) is 0 Å². The number of esters is 1. The molecule has 2 aromatic rings. The Bertz CT molecular complexity index is 958. The first-order valence-corrected chi connectivity index (χ1v) is 8.27. The number of methoxy groups -OCH3 is 1. The molecule has 3 rings (SSSR count). The van der Waals surface area contributed by atoms with E-state index in [0.29, 0.717) is 11.1 Å². The highest BCUT2D eigenvalue weighted by Crippen LogP contribution is 2.32.